The highest BCUT2D eigenvalue weighted by Gasteiger charge is 2.28. The highest BCUT2D eigenvalue weighted by Crippen LogP contribution is 2.30. The SMILES string of the molecule is CC(C)CCC(=O)NCC(=O)Nc1nc2ccc(OCC(F)(F)F)cc2s1. The number of amides is 2. The summed E-state index contributed by atoms with van der Waals surface area (Å²) in [7, 11) is 0. The Morgan fingerprint density at radius 2 is 2.00 bits per heavy atom. The molecule has 0 atom stereocenters. The van der Waals surface area contributed by atoms with Crippen LogP contribution in [0, 0.1) is 5.92 Å². The molecule has 2 rings (SSSR count). The molecule has 1 heterocycles. The van der Waals surface area contributed by atoms with Gasteiger partial charge in [-0.25, -0.2) is 4.98 Å². The molecule has 0 radical (unpaired) electrons. The summed E-state index contributed by atoms with van der Waals surface area (Å²) in [6.45, 7) is 2.46. The van der Waals surface area contributed by atoms with E-state index in [0.717, 1.165) is 17.8 Å². The van der Waals surface area contributed by atoms with Crippen molar-refractivity contribution in [2.75, 3.05) is 18.5 Å². The van der Waals surface area contributed by atoms with Crippen LogP contribution >= 0.6 is 11.3 Å². The van der Waals surface area contributed by atoms with Crippen LogP contribution < -0.4 is 15.4 Å². The van der Waals surface area contributed by atoms with E-state index in [0.29, 0.717) is 27.7 Å². The Hall–Kier alpha value is -2.36. The van der Waals surface area contributed by atoms with Crippen LogP contribution in [0.15, 0.2) is 18.2 Å². The molecule has 0 aliphatic heterocycles. The van der Waals surface area contributed by atoms with Gasteiger partial charge in [0, 0.05) is 6.42 Å². The first kappa shape index (κ1) is 20.9. The molecule has 2 N–H and O–H groups in total. The molecule has 148 valence electrons. The fourth-order valence-electron chi connectivity index (χ4n) is 2.06. The normalized spacial score (nSPS) is 11.6. The van der Waals surface area contributed by atoms with E-state index in [1.165, 1.54) is 18.2 Å². The molecule has 2 aromatic rings. The van der Waals surface area contributed by atoms with E-state index in [1.54, 1.807) is 0 Å². The van der Waals surface area contributed by atoms with Gasteiger partial charge in [0.2, 0.25) is 11.8 Å². The van der Waals surface area contributed by atoms with Crippen molar-refractivity contribution in [3.63, 3.8) is 0 Å². The second-order valence-electron chi connectivity index (χ2n) is 6.31. The molecule has 0 bridgehead atoms. The number of alkyl halides is 3. The number of nitrogens with one attached hydrogen (secondary N) is 2. The molecule has 1 aromatic carbocycles. The van der Waals surface area contributed by atoms with Gasteiger partial charge in [-0.15, -0.1) is 0 Å². The van der Waals surface area contributed by atoms with Crippen LogP contribution in [0.4, 0.5) is 18.3 Å². The zero-order valence-electron chi connectivity index (χ0n) is 14.9. The van der Waals surface area contributed by atoms with E-state index in [2.05, 4.69) is 15.6 Å². The molecule has 6 nitrogen and oxygen atoms in total. The van der Waals surface area contributed by atoms with Gasteiger partial charge in [0.05, 0.1) is 16.8 Å². The van der Waals surface area contributed by atoms with Crippen LogP contribution in [0.25, 0.3) is 10.2 Å². The van der Waals surface area contributed by atoms with Crippen LogP contribution in [0.3, 0.4) is 0 Å². The van der Waals surface area contributed by atoms with Crippen molar-refractivity contribution in [2.45, 2.75) is 32.9 Å². The Morgan fingerprint density at radius 3 is 2.67 bits per heavy atom. The van der Waals surface area contributed by atoms with E-state index in [9.17, 15) is 22.8 Å². The van der Waals surface area contributed by atoms with Gasteiger partial charge in [-0.2, -0.15) is 13.2 Å². The number of thiazole rings is 1. The number of hydrogen-bond donors (Lipinski definition) is 2. The summed E-state index contributed by atoms with van der Waals surface area (Å²) < 4.78 is 41.9. The third kappa shape index (κ3) is 7.41. The summed E-state index contributed by atoms with van der Waals surface area (Å²) >= 11 is 1.10. The van der Waals surface area contributed by atoms with Crippen molar-refractivity contribution >= 4 is 38.5 Å². The lowest BCUT2D eigenvalue weighted by Gasteiger charge is -2.08. The smallest absolute Gasteiger partial charge is 0.422 e. The maximum absolute atomic E-state index is 12.2. The van der Waals surface area contributed by atoms with Crippen molar-refractivity contribution in [1.29, 1.82) is 0 Å². The first-order valence-electron chi connectivity index (χ1n) is 8.29. The van der Waals surface area contributed by atoms with Crippen LogP contribution in [0.1, 0.15) is 26.7 Å². The Morgan fingerprint density at radius 1 is 1.26 bits per heavy atom. The number of fused-ring (bicyclic) bond motifs is 1. The van der Waals surface area contributed by atoms with Crippen molar-refractivity contribution in [1.82, 2.24) is 10.3 Å². The van der Waals surface area contributed by atoms with Gasteiger partial charge in [-0.05, 0) is 30.5 Å². The summed E-state index contributed by atoms with van der Waals surface area (Å²) in [4.78, 5) is 27.7. The quantitative estimate of drug-likeness (QED) is 0.704. The second-order valence-corrected chi connectivity index (χ2v) is 7.34. The molecule has 27 heavy (non-hydrogen) atoms. The van der Waals surface area contributed by atoms with E-state index in [4.69, 9.17) is 4.74 Å². The lowest BCUT2D eigenvalue weighted by molar-refractivity contribution is -0.153. The maximum atomic E-state index is 12.2. The van der Waals surface area contributed by atoms with Crippen LogP contribution in [-0.4, -0.2) is 36.1 Å². The Bertz CT molecular complexity index is 806. The molecular weight excluding hydrogens is 383 g/mol. The minimum atomic E-state index is -4.42. The standard InChI is InChI=1S/C17H20F3N3O3S/c1-10(2)3-6-14(24)21-8-15(25)23-16-22-12-5-4-11(7-13(12)27-16)26-9-17(18,19)20/h4-5,7,10H,3,6,8-9H2,1-2H3,(H,21,24)(H,22,23,25). The number of carbonyl (C=O) groups excluding carboxylic acids is 2. The Labute approximate surface area is 158 Å². The number of nitrogens with zero attached hydrogens (tertiary/aromatic N) is 1. The first-order chi connectivity index (χ1) is 12.6. The van der Waals surface area contributed by atoms with Gasteiger partial charge >= 0.3 is 6.18 Å². The molecule has 0 spiro atoms. The third-order valence-corrected chi connectivity index (χ3v) is 4.34. The maximum Gasteiger partial charge on any atom is 0.422 e. The average molecular weight is 403 g/mol. The van der Waals surface area contributed by atoms with E-state index >= 15 is 0 Å². The summed E-state index contributed by atoms with van der Waals surface area (Å²) in [6.07, 6.45) is -3.32. The molecule has 0 aliphatic carbocycles. The topological polar surface area (TPSA) is 80.3 Å². The zero-order chi connectivity index (χ0) is 20.0. The van der Waals surface area contributed by atoms with Crippen molar-refractivity contribution in [3.8, 4) is 5.75 Å². The van der Waals surface area contributed by atoms with Crippen molar-refractivity contribution < 1.29 is 27.5 Å². The predicted molar refractivity (Wildman–Crippen MR) is 96.9 cm³/mol. The molecule has 0 saturated heterocycles. The van der Waals surface area contributed by atoms with Gasteiger partial charge in [-0.1, -0.05) is 25.2 Å². The number of anilines is 1. The van der Waals surface area contributed by atoms with E-state index < -0.39 is 18.7 Å². The molecule has 0 saturated carbocycles. The monoisotopic (exact) mass is 403 g/mol. The average Bonchev–Trinajstić information content (AvgIpc) is 2.96. The number of benzene rings is 1. The number of aromatic nitrogens is 1. The molecular formula is C17H20F3N3O3S. The van der Waals surface area contributed by atoms with Gasteiger partial charge in [0.15, 0.2) is 11.7 Å². The summed E-state index contributed by atoms with van der Waals surface area (Å²) in [5.74, 6) is -0.161. The highest BCUT2D eigenvalue weighted by atomic mass is 32.1. The zero-order valence-corrected chi connectivity index (χ0v) is 15.7. The predicted octanol–water partition coefficient (Wildman–Crippen LogP) is 3.73. The van der Waals surface area contributed by atoms with Gasteiger partial charge in [-0.3, -0.25) is 9.59 Å². The lowest BCUT2D eigenvalue weighted by atomic mass is 10.1. The molecule has 0 aliphatic rings. The van der Waals surface area contributed by atoms with Gasteiger partial charge < -0.3 is 15.4 Å². The second kappa shape index (κ2) is 9.03. The van der Waals surface area contributed by atoms with Crippen LogP contribution in [-0.2, 0) is 9.59 Å². The van der Waals surface area contributed by atoms with Crippen molar-refractivity contribution in [3.05, 3.63) is 18.2 Å². The lowest BCUT2D eigenvalue weighted by Crippen LogP contribution is -2.32. The Balaban J connectivity index is 1.89. The van der Waals surface area contributed by atoms with Crippen molar-refractivity contribution in [2.24, 2.45) is 5.92 Å². The largest absolute Gasteiger partial charge is 0.484 e. The first-order valence-corrected chi connectivity index (χ1v) is 9.11. The number of halogens is 3. The molecule has 1 aromatic heterocycles. The summed E-state index contributed by atoms with van der Waals surface area (Å²) in [6, 6.07) is 4.33. The third-order valence-electron chi connectivity index (χ3n) is 3.40. The molecule has 0 unspecified atom stereocenters. The number of carbonyl (C=O) groups is 2. The number of rotatable bonds is 8. The fourth-order valence-corrected chi connectivity index (χ4v) is 2.97. The molecule has 10 heteroatoms. The number of hydrogen-bond acceptors (Lipinski definition) is 5. The minimum Gasteiger partial charge on any atom is -0.484 e. The van der Waals surface area contributed by atoms with Crippen LogP contribution in [0.5, 0.6) is 5.75 Å². The molecule has 0 fully saturated rings. The minimum absolute atomic E-state index is 0.0683. The Kier molecular flexibility index (Phi) is 7.00. The summed E-state index contributed by atoms with van der Waals surface area (Å²) in [5.41, 5.74) is 0.524. The molecule has 2 amide bonds. The highest BCUT2D eigenvalue weighted by molar-refractivity contribution is 7.22. The van der Waals surface area contributed by atoms with Crippen LogP contribution in [0.2, 0.25) is 0 Å². The van der Waals surface area contributed by atoms with Gasteiger partial charge in [0.1, 0.15) is 5.75 Å². The number of ether oxygens (including phenoxy) is 1. The fraction of sp³-hybridized carbons (Fsp3) is 0.471. The van der Waals surface area contributed by atoms with Gasteiger partial charge in [0.25, 0.3) is 0 Å². The summed E-state index contributed by atoms with van der Waals surface area (Å²) in [5, 5.41) is 5.38. The van der Waals surface area contributed by atoms with E-state index in [-0.39, 0.29) is 18.2 Å². The van der Waals surface area contributed by atoms with E-state index in [1.807, 2.05) is 13.8 Å².